The minimum Gasteiger partial charge on any atom is -0.340 e. The summed E-state index contributed by atoms with van der Waals surface area (Å²) in [6, 6.07) is 16.3. The van der Waals surface area contributed by atoms with E-state index in [1.165, 1.54) is 0 Å². The zero-order valence-corrected chi connectivity index (χ0v) is 18.8. The van der Waals surface area contributed by atoms with Gasteiger partial charge in [0.05, 0.1) is 12.7 Å². The van der Waals surface area contributed by atoms with Crippen LogP contribution in [0.15, 0.2) is 65.3 Å². The third kappa shape index (κ3) is 5.57. The molecule has 0 saturated carbocycles. The molecule has 0 aliphatic carbocycles. The summed E-state index contributed by atoms with van der Waals surface area (Å²) in [5, 5.41) is 10.1. The fourth-order valence-electron chi connectivity index (χ4n) is 3.00. The molecule has 6 nitrogen and oxygen atoms in total. The second-order valence-electron chi connectivity index (χ2n) is 7.55. The average Bonchev–Trinajstić information content (AvgIpc) is 3.14. The Balaban J connectivity index is 1.70. The average molecular weight is 469 g/mol. The molecule has 0 unspecified atom stereocenters. The van der Waals surface area contributed by atoms with Gasteiger partial charge >= 0.3 is 0 Å². The number of nitrogens with zero attached hydrogens (tertiary/aromatic N) is 2. The highest BCUT2D eigenvalue weighted by molar-refractivity contribution is 9.10. The number of rotatable bonds is 7. The smallest absolute Gasteiger partial charge is 0.251 e. The number of benzene rings is 2. The predicted octanol–water partition coefficient (Wildman–Crippen LogP) is 4.40. The van der Waals surface area contributed by atoms with Crippen molar-refractivity contribution in [3.63, 3.8) is 0 Å². The SMILES string of the molecule is Cc1ccc(C(=O)N[C@H](C(=O)Nc2ccnn2Cc2ccc(Br)cc2)C(C)C)cc1. The van der Waals surface area contributed by atoms with Crippen LogP contribution in [0.2, 0.25) is 0 Å². The molecule has 0 spiro atoms. The van der Waals surface area contributed by atoms with Crippen molar-refractivity contribution in [1.82, 2.24) is 15.1 Å². The first-order valence-electron chi connectivity index (χ1n) is 9.78. The van der Waals surface area contributed by atoms with E-state index in [9.17, 15) is 9.59 Å². The van der Waals surface area contributed by atoms with Crippen LogP contribution in [0.1, 0.15) is 35.3 Å². The molecule has 1 aromatic heterocycles. The van der Waals surface area contributed by atoms with Crippen LogP contribution < -0.4 is 10.6 Å². The lowest BCUT2D eigenvalue weighted by Crippen LogP contribution is -2.47. The summed E-state index contributed by atoms with van der Waals surface area (Å²) in [5.74, 6) is -0.0457. The summed E-state index contributed by atoms with van der Waals surface area (Å²) < 4.78 is 2.73. The largest absolute Gasteiger partial charge is 0.340 e. The monoisotopic (exact) mass is 468 g/mol. The summed E-state index contributed by atoms with van der Waals surface area (Å²) in [5.41, 5.74) is 2.66. The number of hydrogen-bond donors (Lipinski definition) is 2. The normalized spacial score (nSPS) is 11.9. The molecule has 156 valence electrons. The number of amides is 2. The number of aryl methyl sites for hydroxylation is 1. The molecule has 0 aliphatic heterocycles. The van der Waals surface area contributed by atoms with Crippen LogP contribution in [0.4, 0.5) is 5.82 Å². The molecule has 30 heavy (non-hydrogen) atoms. The molecule has 3 aromatic rings. The second kappa shape index (κ2) is 9.71. The highest BCUT2D eigenvalue weighted by Gasteiger charge is 2.25. The van der Waals surface area contributed by atoms with Gasteiger partial charge in [0.25, 0.3) is 5.91 Å². The van der Waals surface area contributed by atoms with Crippen molar-refractivity contribution in [3.8, 4) is 0 Å². The maximum atomic E-state index is 12.9. The Kier molecular flexibility index (Phi) is 7.05. The topological polar surface area (TPSA) is 76.0 Å². The van der Waals surface area contributed by atoms with E-state index in [1.54, 1.807) is 29.1 Å². The van der Waals surface area contributed by atoms with Gasteiger partial charge in [-0.2, -0.15) is 5.10 Å². The number of anilines is 1. The third-order valence-corrected chi connectivity index (χ3v) is 5.29. The molecule has 0 aliphatic rings. The van der Waals surface area contributed by atoms with Crippen molar-refractivity contribution in [3.05, 3.63) is 82.0 Å². The molecule has 2 aromatic carbocycles. The Morgan fingerprint density at radius 2 is 1.70 bits per heavy atom. The zero-order valence-electron chi connectivity index (χ0n) is 17.2. The number of carbonyl (C=O) groups is 2. The summed E-state index contributed by atoms with van der Waals surface area (Å²) >= 11 is 3.43. The highest BCUT2D eigenvalue weighted by Crippen LogP contribution is 2.15. The van der Waals surface area contributed by atoms with Crippen molar-refractivity contribution < 1.29 is 9.59 Å². The highest BCUT2D eigenvalue weighted by atomic mass is 79.9. The fraction of sp³-hybridized carbons (Fsp3) is 0.261. The summed E-state index contributed by atoms with van der Waals surface area (Å²) in [6.07, 6.45) is 1.64. The second-order valence-corrected chi connectivity index (χ2v) is 8.47. The number of nitrogens with one attached hydrogen (secondary N) is 2. The molecule has 2 amide bonds. The van der Waals surface area contributed by atoms with E-state index in [0.29, 0.717) is 17.9 Å². The van der Waals surface area contributed by atoms with E-state index in [0.717, 1.165) is 15.6 Å². The molecule has 0 bridgehead atoms. The molecule has 0 fully saturated rings. The predicted molar refractivity (Wildman–Crippen MR) is 121 cm³/mol. The molecular weight excluding hydrogens is 444 g/mol. The minimum atomic E-state index is -0.671. The Morgan fingerprint density at radius 1 is 1.03 bits per heavy atom. The van der Waals surface area contributed by atoms with Gasteiger partial charge in [-0.05, 0) is 42.7 Å². The van der Waals surface area contributed by atoms with E-state index in [4.69, 9.17) is 0 Å². The van der Waals surface area contributed by atoms with Gasteiger partial charge in [0.15, 0.2) is 0 Å². The molecular formula is C23H25BrN4O2. The van der Waals surface area contributed by atoms with E-state index in [1.807, 2.05) is 57.2 Å². The van der Waals surface area contributed by atoms with E-state index < -0.39 is 6.04 Å². The number of hydrogen-bond acceptors (Lipinski definition) is 3. The number of aromatic nitrogens is 2. The lowest BCUT2D eigenvalue weighted by molar-refractivity contribution is -0.118. The molecule has 0 radical (unpaired) electrons. The lowest BCUT2D eigenvalue weighted by atomic mass is 10.0. The Labute approximate surface area is 184 Å². The molecule has 1 heterocycles. The van der Waals surface area contributed by atoms with Gasteiger partial charge in [-0.3, -0.25) is 9.59 Å². The van der Waals surface area contributed by atoms with Crippen LogP contribution in [0.25, 0.3) is 0 Å². The maximum absolute atomic E-state index is 12.9. The summed E-state index contributed by atoms with van der Waals surface area (Å²) in [6.45, 7) is 6.29. The third-order valence-electron chi connectivity index (χ3n) is 4.76. The Bertz CT molecular complexity index is 1010. The zero-order chi connectivity index (χ0) is 21.7. The van der Waals surface area contributed by atoms with E-state index in [2.05, 4.69) is 31.7 Å². The maximum Gasteiger partial charge on any atom is 0.251 e. The summed E-state index contributed by atoms with van der Waals surface area (Å²) in [4.78, 5) is 25.5. The molecule has 1 atom stereocenters. The van der Waals surface area contributed by atoms with Crippen molar-refractivity contribution >= 4 is 33.6 Å². The van der Waals surface area contributed by atoms with Crippen LogP contribution in [0.3, 0.4) is 0 Å². The minimum absolute atomic E-state index is 0.0813. The van der Waals surface area contributed by atoms with Gasteiger partial charge in [0, 0.05) is 16.1 Å². The van der Waals surface area contributed by atoms with Gasteiger partial charge in [0.1, 0.15) is 11.9 Å². The van der Waals surface area contributed by atoms with Crippen LogP contribution in [0, 0.1) is 12.8 Å². The van der Waals surface area contributed by atoms with Crippen LogP contribution >= 0.6 is 15.9 Å². The van der Waals surface area contributed by atoms with Crippen LogP contribution in [0.5, 0.6) is 0 Å². The van der Waals surface area contributed by atoms with Crippen molar-refractivity contribution in [2.45, 2.75) is 33.4 Å². The first-order valence-corrected chi connectivity index (χ1v) is 10.6. The Hall–Kier alpha value is -2.93. The first kappa shape index (κ1) is 21.8. The van der Waals surface area contributed by atoms with Gasteiger partial charge in [-0.15, -0.1) is 0 Å². The van der Waals surface area contributed by atoms with Crippen molar-refractivity contribution in [1.29, 1.82) is 0 Å². The summed E-state index contributed by atoms with van der Waals surface area (Å²) in [7, 11) is 0. The van der Waals surface area contributed by atoms with Crippen molar-refractivity contribution in [2.24, 2.45) is 5.92 Å². The van der Waals surface area contributed by atoms with Gasteiger partial charge in [-0.25, -0.2) is 4.68 Å². The number of carbonyl (C=O) groups excluding carboxylic acids is 2. The quantitative estimate of drug-likeness (QED) is 0.539. The molecule has 3 rings (SSSR count). The molecule has 7 heteroatoms. The van der Waals surface area contributed by atoms with E-state index >= 15 is 0 Å². The lowest BCUT2D eigenvalue weighted by Gasteiger charge is -2.22. The fourth-order valence-corrected chi connectivity index (χ4v) is 3.26. The number of halogens is 1. The van der Waals surface area contributed by atoms with Gasteiger partial charge < -0.3 is 10.6 Å². The van der Waals surface area contributed by atoms with Crippen molar-refractivity contribution in [2.75, 3.05) is 5.32 Å². The molecule has 2 N–H and O–H groups in total. The first-order chi connectivity index (χ1) is 14.3. The van der Waals surface area contributed by atoms with Crippen LogP contribution in [-0.2, 0) is 11.3 Å². The van der Waals surface area contributed by atoms with Gasteiger partial charge in [-0.1, -0.05) is 59.6 Å². The Morgan fingerprint density at radius 3 is 2.33 bits per heavy atom. The molecule has 0 saturated heterocycles. The van der Waals surface area contributed by atoms with Gasteiger partial charge in [0.2, 0.25) is 5.91 Å². The van der Waals surface area contributed by atoms with E-state index in [-0.39, 0.29) is 17.7 Å². The van der Waals surface area contributed by atoms with Crippen LogP contribution in [-0.4, -0.2) is 27.6 Å². The standard InChI is InChI=1S/C23H25BrN4O2/c1-15(2)21(27-22(29)18-8-4-16(3)5-9-18)23(30)26-20-12-13-25-28(20)14-17-6-10-19(24)11-7-17/h4-13,15,21H,14H2,1-3H3,(H,26,30)(H,27,29)/t21-/m0/s1.